The second-order valence-electron chi connectivity index (χ2n) is 7.64. The Bertz CT molecular complexity index is 1230. The largest absolute Gasteiger partial charge is 0.463 e. The molecule has 0 radical (unpaired) electrons. The molecule has 1 aromatic heterocycles. The molecule has 35 heavy (non-hydrogen) atoms. The van der Waals surface area contributed by atoms with Gasteiger partial charge in [-0.3, -0.25) is 4.90 Å². The summed E-state index contributed by atoms with van der Waals surface area (Å²) in [6, 6.07) is 16.2. The molecule has 0 aliphatic carbocycles. The molecule has 2 aromatic carbocycles. The minimum atomic E-state index is -0.632. The number of amides is 2. The fourth-order valence-electron chi connectivity index (χ4n) is 3.86. The Kier molecular flexibility index (Phi) is 7.77. The predicted molar refractivity (Wildman–Crippen MR) is 132 cm³/mol. The number of halogens is 1. The number of carbonyl (C=O) groups is 2. The quantitative estimate of drug-likeness (QED) is 0.271. The maximum absolute atomic E-state index is 13.3. The van der Waals surface area contributed by atoms with Crippen molar-refractivity contribution < 1.29 is 18.7 Å². The van der Waals surface area contributed by atoms with Gasteiger partial charge in [-0.2, -0.15) is 0 Å². The van der Waals surface area contributed by atoms with E-state index in [2.05, 4.69) is 15.3 Å². The molecule has 180 valence electrons. The van der Waals surface area contributed by atoms with Crippen LogP contribution in [-0.4, -0.2) is 45.8 Å². The van der Waals surface area contributed by atoms with Gasteiger partial charge in [0, 0.05) is 29.8 Å². The Morgan fingerprint density at radius 3 is 2.54 bits per heavy atom. The van der Waals surface area contributed by atoms with E-state index in [9.17, 15) is 14.0 Å². The van der Waals surface area contributed by atoms with Gasteiger partial charge in [0.05, 0.1) is 23.9 Å². The lowest BCUT2D eigenvalue weighted by Gasteiger charge is -2.36. The van der Waals surface area contributed by atoms with Gasteiger partial charge in [-0.25, -0.2) is 23.9 Å². The summed E-state index contributed by atoms with van der Waals surface area (Å²) >= 11 is 1.31. The molecule has 3 aromatic rings. The first-order chi connectivity index (χ1) is 17.0. The number of carbonyl (C=O) groups excluding carboxylic acids is 2. The lowest BCUT2D eigenvalue weighted by molar-refractivity contribution is -0.139. The van der Waals surface area contributed by atoms with Crippen LogP contribution in [0.25, 0.3) is 11.3 Å². The van der Waals surface area contributed by atoms with Gasteiger partial charge < -0.3 is 10.1 Å². The molecular weight excluding hydrogens is 467 g/mol. The smallest absolute Gasteiger partial charge is 0.338 e. The number of urea groups is 1. The Hall–Kier alpha value is -3.72. The van der Waals surface area contributed by atoms with E-state index in [0.717, 1.165) is 11.1 Å². The second-order valence-corrected chi connectivity index (χ2v) is 8.58. The molecule has 0 saturated heterocycles. The number of nitrogens with one attached hydrogen (secondary N) is 1. The van der Waals surface area contributed by atoms with Crippen LogP contribution in [0.1, 0.15) is 25.5 Å². The van der Waals surface area contributed by atoms with Crippen LogP contribution < -0.4 is 5.32 Å². The zero-order valence-corrected chi connectivity index (χ0v) is 20.2. The minimum absolute atomic E-state index is 0.215. The van der Waals surface area contributed by atoms with Crippen molar-refractivity contribution in [1.29, 1.82) is 0 Å². The number of nitrogens with zero attached hydrogens (tertiary/aromatic N) is 3. The third-order valence-corrected chi connectivity index (χ3v) is 6.37. The Morgan fingerprint density at radius 1 is 1.11 bits per heavy atom. The van der Waals surface area contributed by atoms with Crippen molar-refractivity contribution in [2.45, 2.75) is 25.0 Å². The van der Waals surface area contributed by atoms with Crippen molar-refractivity contribution in [3.8, 4) is 11.3 Å². The van der Waals surface area contributed by atoms with Crippen molar-refractivity contribution in [1.82, 2.24) is 20.2 Å². The highest BCUT2D eigenvalue weighted by Gasteiger charge is 2.37. The van der Waals surface area contributed by atoms with E-state index in [4.69, 9.17) is 4.74 Å². The molecule has 0 saturated carbocycles. The molecule has 1 unspecified atom stereocenters. The number of aromatic nitrogens is 2. The normalized spacial score (nSPS) is 15.7. The SMILES string of the molecule is CCOC(=O)C1=C(CSc2nccc(-c3ccc(F)cc3)n2)N(CC)C(=O)NC1c1ccccc1. The summed E-state index contributed by atoms with van der Waals surface area (Å²) < 4.78 is 18.7. The van der Waals surface area contributed by atoms with Gasteiger partial charge in [0.1, 0.15) is 5.82 Å². The van der Waals surface area contributed by atoms with E-state index >= 15 is 0 Å². The average Bonchev–Trinajstić information content (AvgIpc) is 2.88. The molecule has 1 N–H and O–H groups in total. The molecule has 1 atom stereocenters. The first kappa shape index (κ1) is 24.4. The van der Waals surface area contributed by atoms with Crippen LogP contribution in [0, 0.1) is 5.82 Å². The maximum atomic E-state index is 13.3. The summed E-state index contributed by atoms with van der Waals surface area (Å²) in [4.78, 5) is 36.6. The van der Waals surface area contributed by atoms with Crippen molar-refractivity contribution >= 4 is 23.8 Å². The van der Waals surface area contributed by atoms with E-state index < -0.39 is 12.0 Å². The summed E-state index contributed by atoms with van der Waals surface area (Å²) in [5.41, 5.74) is 3.15. The van der Waals surface area contributed by atoms with Crippen molar-refractivity contribution in [2.24, 2.45) is 0 Å². The van der Waals surface area contributed by atoms with Crippen LogP contribution in [-0.2, 0) is 9.53 Å². The fraction of sp³-hybridized carbons (Fsp3) is 0.231. The zero-order valence-electron chi connectivity index (χ0n) is 19.4. The summed E-state index contributed by atoms with van der Waals surface area (Å²) in [7, 11) is 0. The van der Waals surface area contributed by atoms with E-state index in [-0.39, 0.29) is 24.2 Å². The molecule has 0 fully saturated rings. The standard InChI is InChI=1S/C26H25FN4O3S/c1-3-31-21(16-35-25-28-15-14-20(29-25)17-10-12-19(27)13-11-17)22(24(32)34-4-2)23(30-26(31)33)18-8-6-5-7-9-18/h5-15,23H,3-4,16H2,1-2H3,(H,30,33). The summed E-state index contributed by atoms with van der Waals surface area (Å²) in [5, 5.41) is 3.42. The molecule has 7 nitrogen and oxygen atoms in total. The van der Waals surface area contributed by atoms with E-state index in [1.165, 1.54) is 23.9 Å². The topological polar surface area (TPSA) is 84.4 Å². The number of hydrogen-bond acceptors (Lipinski definition) is 6. The lowest BCUT2D eigenvalue weighted by Crippen LogP contribution is -2.49. The first-order valence-electron chi connectivity index (χ1n) is 11.3. The molecule has 0 spiro atoms. The van der Waals surface area contributed by atoms with Gasteiger partial charge in [-0.15, -0.1) is 0 Å². The van der Waals surface area contributed by atoms with E-state index in [1.54, 1.807) is 36.2 Å². The van der Waals surface area contributed by atoms with Crippen molar-refractivity contribution in [3.63, 3.8) is 0 Å². The highest BCUT2D eigenvalue weighted by molar-refractivity contribution is 7.99. The van der Waals surface area contributed by atoms with Gasteiger partial charge in [0.15, 0.2) is 5.16 Å². The highest BCUT2D eigenvalue weighted by atomic mass is 32.2. The fourth-order valence-corrected chi connectivity index (χ4v) is 4.74. The summed E-state index contributed by atoms with van der Waals surface area (Å²) in [6.45, 7) is 4.19. The molecule has 0 bridgehead atoms. The molecule has 2 heterocycles. The zero-order chi connectivity index (χ0) is 24.8. The molecule has 2 amide bonds. The minimum Gasteiger partial charge on any atom is -0.463 e. The molecular formula is C26H25FN4O3S. The van der Waals surface area contributed by atoms with Crippen LogP contribution in [0.15, 0.2) is 83.3 Å². The number of rotatable bonds is 8. The monoisotopic (exact) mass is 492 g/mol. The number of thioether (sulfide) groups is 1. The van der Waals surface area contributed by atoms with Crippen molar-refractivity contribution in [3.05, 3.63) is 89.5 Å². The lowest BCUT2D eigenvalue weighted by atomic mass is 9.95. The van der Waals surface area contributed by atoms with Crippen molar-refractivity contribution in [2.75, 3.05) is 18.9 Å². The van der Waals surface area contributed by atoms with Crippen LogP contribution >= 0.6 is 11.8 Å². The Balaban J connectivity index is 1.69. The Morgan fingerprint density at radius 2 is 1.86 bits per heavy atom. The number of hydrogen-bond donors (Lipinski definition) is 1. The van der Waals surface area contributed by atoms with E-state index in [1.807, 2.05) is 37.3 Å². The number of ether oxygens (including phenoxy) is 1. The third-order valence-electron chi connectivity index (χ3n) is 5.49. The maximum Gasteiger partial charge on any atom is 0.338 e. The molecule has 4 rings (SSSR count). The van der Waals surface area contributed by atoms with Gasteiger partial charge in [-0.1, -0.05) is 42.1 Å². The number of benzene rings is 2. The summed E-state index contributed by atoms with van der Waals surface area (Å²) in [6.07, 6.45) is 1.63. The number of esters is 1. The highest BCUT2D eigenvalue weighted by Crippen LogP contribution is 2.34. The molecule has 9 heteroatoms. The average molecular weight is 493 g/mol. The molecule has 1 aliphatic rings. The third kappa shape index (κ3) is 5.51. The Labute approximate surface area is 207 Å². The van der Waals surface area contributed by atoms with Crippen LogP contribution in [0.3, 0.4) is 0 Å². The van der Waals surface area contributed by atoms with Gasteiger partial charge in [-0.05, 0) is 49.7 Å². The first-order valence-corrected chi connectivity index (χ1v) is 12.2. The van der Waals surface area contributed by atoms with Gasteiger partial charge >= 0.3 is 12.0 Å². The van der Waals surface area contributed by atoms with Gasteiger partial charge in [0.25, 0.3) is 0 Å². The van der Waals surface area contributed by atoms with Crippen LogP contribution in [0.5, 0.6) is 0 Å². The van der Waals surface area contributed by atoms with Gasteiger partial charge in [0.2, 0.25) is 0 Å². The second kappa shape index (κ2) is 11.1. The predicted octanol–water partition coefficient (Wildman–Crippen LogP) is 4.98. The van der Waals surface area contributed by atoms with Crippen LogP contribution in [0.2, 0.25) is 0 Å². The summed E-state index contributed by atoms with van der Waals surface area (Å²) in [5.74, 6) is -0.513. The van der Waals surface area contributed by atoms with Crippen LogP contribution in [0.4, 0.5) is 9.18 Å². The molecule has 1 aliphatic heterocycles. The van der Waals surface area contributed by atoms with E-state index in [0.29, 0.717) is 28.7 Å².